The van der Waals surface area contributed by atoms with Crippen molar-refractivity contribution in [3.63, 3.8) is 0 Å². The van der Waals surface area contributed by atoms with Crippen LogP contribution in [0.3, 0.4) is 0 Å². The summed E-state index contributed by atoms with van der Waals surface area (Å²) in [4.78, 5) is 26.1. The van der Waals surface area contributed by atoms with Gasteiger partial charge in [0, 0.05) is 32.2 Å². The summed E-state index contributed by atoms with van der Waals surface area (Å²) in [6.07, 6.45) is 2.03. The van der Waals surface area contributed by atoms with Crippen LogP contribution in [0.4, 0.5) is 4.79 Å². The van der Waals surface area contributed by atoms with Gasteiger partial charge in [0.15, 0.2) is 0 Å². The summed E-state index contributed by atoms with van der Waals surface area (Å²) < 4.78 is 0. The normalized spacial score (nSPS) is 18.4. The Balaban J connectivity index is 2.29. The highest BCUT2D eigenvalue weighted by atomic mass is 16.4. The lowest BCUT2D eigenvalue weighted by molar-refractivity contribution is -0.138. The molecule has 1 atom stereocenters. The topological polar surface area (TPSA) is 72.9 Å². The first-order valence-corrected chi connectivity index (χ1v) is 6.52. The Morgan fingerprint density at radius 2 is 1.89 bits per heavy atom. The summed E-state index contributed by atoms with van der Waals surface area (Å²) in [5.74, 6) is -0.815. The molecule has 6 nitrogen and oxygen atoms in total. The molecule has 2 N–H and O–H groups in total. The number of nitrogens with zero attached hydrogens (tertiary/aromatic N) is 2. The summed E-state index contributed by atoms with van der Waals surface area (Å²) in [5.41, 5.74) is 0. The molecule has 0 bridgehead atoms. The van der Waals surface area contributed by atoms with E-state index in [1.165, 1.54) is 0 Å². The van der Waals surface area contributed by atoms with E-state index in [0.717, 1.165) is 12.8 Å². The summed E-state index contributed by atoms with van der Waals surface area (Å²) >= 11 is 0. The van der Waals surface area contributed by atoms with E-state index >= 15 is 0 Å². The zero-order valence-corrected chi connectivity index (χ0v) is 11.2. The number of carboxylic acids is 1. The maximum Gasteiger partial charge on any atom is 0.317 e. The highest BCUT2D eigenvalue weighted by molar-refractivity contribution is 5.74. The minimum absolute atomic E-state index is 0.0362. The predicted octanol–water partition coefficient (Wildman–Crippen LogP) is 0.587. The summed E-state index contributed by atoms with van der Waals surface area (Å²) in [6.45, 7) is 6.59. The predicted molar refractivity (Wildman–Crippen MR) is 68.6 cm³/mol. The Morgan fingerprint density at radius 3 is 2.39 bits per heavy atom. The number of nitrogens with one attached hydrogen (secondary N) is 1. The quantitative estimate of drug-likeness (QED) is 0.756. The standard InChI is InChI=1S/C12H23N3O3/c1-3-4-10(2)13-12(18)15-7-5-14(6-8-15)9-11(16)17/h10H,3-9H2,1-2H3,(H,13,18)(H,16,17). The van der Waals surface area contributed by atoms with Crippen LogP contribution in [0.1, 0.15) is 26.7 Å². The minimum atomic E-state index is -0.815. The minimum Gasteiger partial charge on any atom is -0.480 e. The molecule has 0 aliphatic carbocycles. The van der Waals surface area contributed by atoms with Gasteiger partial charge in [-0.25, -0.2) is 4.79 Å². The smallest absolute Gasteiger partial charge is 0.317 e. The summed E-state index contributed by atoms with van der Waals surface area (Å²) in [6, 6.07) is 0.158. The van der Waals surface area contributed by atoms with Gasteiger partial charge < -0.3 is 15.3 Å². The lowest BCUT2D eigenvalue weighted by Gasteiger charge is -2.34. The highest BCUT2D eigenvalue weighted by Crippen LogP contribution is 2.03. The maximum atomic E-state index is 11.9. The van der Waals surface area contributed by atoms with Gasteiger partial charge in [-0.3, -0.25) is 9.69 Å². The molecule has 0 spiro atoms. The number of carbonyl (C=O) groups excluding carboxylic acids is 1. The number of hydrogen-bond acceptors (Lipinski definition) is 3. The second-order valence-corrected chi connectivity index (χ2v) is 4.80. The first-order chi connectivity index (χ1) is 8.52. The van der Waals surface area contributed by atoms with E-state index in [0.29, 0.717) is 26.2 Å². The van der Waals surface area contributed by atoms with E-state index < -0.39 is 5.97 Å². The summed E-state index contributed by atoms with van der Waals surface area (Å²) in [5, 5.41) is 11.6. The maximum absolute atomic E-state index is 11.9. The van der Waals surface area contributed by atoms with Gasteiger partial charge in [-0.2, -0.15) is 0 Å². The Labute approximate surface area is 108 Å². The van der Waals surface area contributed by atoms with Crippen LogP contribution in [0.5, 0.6) is 0 Å². The lowest BCUT2D eigenvalue weighted by Crippen LogP contribution is -2.53. The van der Waals surface area contributed by atoms with E-state index in [1.807, 2.05) is 11.8 Å². The zero-order valence-electron chi connectivity index (χ0n) is 11.2. The molecule has 0 aromatic heterocycles. The Hall–Kier alpha value is -1.30. The molecule has 18 heavy (non-hydrogen) atoms. The fraction of sp³-hybridized carbons (Fsp3) is 0.833. The number of carboxylic acid groups (broad SMARTS) is 1. The van der Waals surface area contributed by atoms with Crippen molar-refractivity contribution in [2.75, 3.05) is 32.7 Å². The van der Waals surface area contributed by atoms with Crippen LogP contribution < -0.4 is 5.32 Å². The molecule has 104 valence electrons. The van der Waals surface area contributed by atoms with Crippen molar-refractivity contribution in [3.05, 3.63) is 0 Å². The molecular formula is C12H23N3O3. The Kier molecular flexibility index (Phi) is 5.91. The van der Waals surface area contributed by atoms with Crippen molar-refractivity contribution in [2.24, 2.45) is 0 Å². The van der Waals surface area contributed by atoms with E-state index in [2.05, 4.69) is 12.2 Å². The number of rotatable bonds is 5. The van der Waals surface area contributed by atoms with Crippen LogP contribution in [0.15, 0.2) is 0 Å². The second kappa shape index (κ2) is 7.20. The third kappa shape index (κ3) is 4.91. The van der Waals surface area contributed by atoms with Crippen LogP contribution in [0.25, 0.3) is 0 Å². The van der Waals surface area contributed by atoms with E-state index in [1.54, 1.807) is 4.90 Å². The number of aliphatic carboxylic acids is 1. The largest absolute Gasteiger partial charge is 0.480 e. The van der Waals surface area contributed by atoms with Crippen molar-refractivity contribution >= 4 is 12.0 Å². The van der Waals surface area contributed by atoms with Gasteiger partial charge >= 0.3 is 12.0 Å². The fourth-order valence-corrected chi connectivity index (χ4v) is 2.11. The molecule has 1 aliphatic rings. The van der Waals surface area contributed by atoms with Crippen LogP contribution >= 0.6 is 0 Å². The van der Waals surface area contributed by atoms with E-state index in [-0.39, 0.29) is 18.6 Å². The van der Waals surface area contributed by atoms with Crippen molar-refractivity contribution < 1.29 is 14.7 Å². The molecule has 1 unspecified atom stereocenters. The van der Waals surface area contributed by atoms with Crippen LogP contribution in [-0.4, -0.2) is 65.7 Å². The van der Waals surface area contributed by atoms with Gasteiger partial charge in [-0.1, -0.05) is 13.3 Å². The summed E-state index contributed by atoms with van der Waals surface area (Å²) in [7, 11) is 0. The number of urea groups is 1. The van der Waals surface area contributed by atoms with Crippen molar-refractivity contribution in [3.8, 4) is 0 Å². The number of amides is 2. The van der Waals surface area contributed by atoms with Crippen LogP contribution in [0.2, 0.25) is 0 Å². The van der Waals surface area contributed by atoms with Crippen LogP contribution in [-0.2, 0) is 4.79 Å². The SMILES string of the molecule is CCCC(C)NC(=O)N1CCN(CC(=O)O)CC1. The number of carbonyl (C=O) groups is 2. The molecule has 0 aromatic rings. The third-order valence-corrected chi connectivity index (χ3v) is 3.11. The zero-order chi connectivity index (χ0) is 13.5. The first kappa shape index (κ1) is 14.8. The molecule has 1 rings (SSSR count). The van der Waals surface area contributed by atoms with Gasteiger partial charge in [0.1, 0.15) is 0 Å². The van der Waals surface area contributed by atoms with E-state index in [9.17, 15) is 9.59 Å². The van der Waals surface area contributed by atoms with Gasteiger partial charge in [0.2, 0.25) is 0 Å². The lowest BCUT2D eigenvalue weighted by atomic mass is 10.2. The molecule has 1 saturated heterocycles. The molecule has 1 aliphatic heterocycles. The third-order valence-electron chi connectivity index (χ3n) is 3.11. The molecule has 2 amide bonds. The monoisotopic (exact) mass is 257 g/mol. The molecule has 1 fully saturated rings. The van der Waals surface area contributed by atoms with Crippen molar-refractivity contribution in [1.29, 1.82) is 0 Å². The van der Waals surface area contributed by atoms with Crippen LogP contribution in [0, 0.1) is 0 Å². The number of piperazine rings is 1. The van der Waals surface area contributed by atoms with E-state index in [4.69, 9.17) is 5.11 Å². The molecule has 1 heterocycles. The fourth-order valence-electron chi connectivity index (χ4n) is 2.11. The highest BCUT2D eigenvalue weighted by Gasteiger charge is 2.22. The van der Waals surface area contributed by atoms with Gasteiger partial charge in [0.25, 0.3) is 0 Å². The molecule has 0 saturated carbocycles. The van der Waals surface area contributed by atoms with Gasteiger partial charge in [0.05, 0.1) is 6.54 Å². The van der Waals surface area contributed by atoms with Crippen molar-refractivity contribution in [2.45, 2.75) is 32.7 Å². The molecule has 0 radical (unpaired) electrons. The Morgan fingerprint density at radius 1 is 1.28 bits per heavy atom. The average molecular weight is 257 g/mol. The molecule has 6 heteroatoms. The Bertz CT molecular complexity index is 288. The molecule has 0 aromatic carbocycles. The second-order valence-electron chi connectivity index (χ2n) is 4.80. The first-order valence-electron chi connectivity index (χ1n) is 6.52. The van der Waals surface area contributed by atoms with Gasteiger partial charge in [-0.05, 0) is 13.3 Å². The van der Waals surface area contributed by atoms with Gasteiger partial charge in [-0.15, -0.1) is 0 Å². The average Bonchev–Trinajstić information content (AvgIpc) is 2.29. The number of hydrogen-bond donors (Lipinski definition) is 2. The van der Waals surface area contributed by atoms with Crippen molar-refractivity contribution in [1.82, 2.24) is 15.1 Å². The molecular weight excluding hydrogens is 234 g/mol.